The van der Waals surface area contributed by atoms with Gasteiger partial charge in [0.05, 0.1) is 41.9 Å². The molecule has 1 saturated carbocycles. The molecule has 1 fully saturated rings. The largest absolute Gasteiger partial charge is 0.478 e. The van der Waals surface area contributed by atoms with E-state index < -0.39 is 17.2 Å². The highest BCUT2D eigenvalue weighted by Gasteiger charge is 2.25. The van der Waals surface area contributed by atoms with Crippen LogP contribution in [0.3, 0.4) is 0 Å². The van der Waals surface area contributed by atoms with Gasteiger partial charge < -0.3 is 10.8 Å². The second-order valence-electron chi connectivity index (χ2n) is 10.2. The third kappa shape index (κ3) is 7.08. The predicted octanol–water partition coefficient (Wildman–Crippen LogP) is 4.22. The number of hydrogen-bond acceptors (Lipinski definition) is 6. The van der Waals surface area contributed by atoms with Crippen molar-refractivity contribution in [1.29, 1.82) is 10.5 Å². The Balaban J connectivity index is 0.000000385. The van der Waals surface area contributed by atoms with Crippen LogP contribution in [0.15, 0.2) is 94.5 Å². The number of aromatic nitrogens is 2. The molecule has 2 atom stereocenters. The van der Waals surface area contributed by atoms with E-state index >= 15 is 0 Å². The fourth-order valence-electron chi connectivity index (χ4n) is 5.23. The summed E-state index contributed by atoms with van der Waals surface area (Å²) in [5, 5.41) is 27.3. The number of aromatic carboxylic acids is 1. The standard InChI is InChI=1S/C26H25N5O2.C7H6O2/c27-14-19-6-1-3-8-21(19)16-30-24(18-10-5-11-23(29)12-18)13-25(32)31(26(30)33)17-22-9-4-2-7-20(22)15-28;8-7(9)6-4-2-1-3-5-6/h1-4,6-9,13,18,23H,5,10-12,16-17,29H2;1-5H,(H,8,9)/t18?,23-;/m1./s1. The molecule has 3 N–H and O–H groups in total. The van der Waals surface area contributed by atoms with Crippen LogP contribution in [0.5, 0.6) is 0 Å². The van der Waals surface area contributed by atoms with Gasteiger partial charge in [0.15, 0.2) is 0 Å². The van der Waals surface area contributed by atoms with E-state index in [4.69, 9.17) is 10.8 Å². The first-order valence-electron chi connectivity index (χ1n) is 13.7. The third-order valence-electron chi connectivity index (χ3n) is 7.40. The first-order chi connectivity index (χ1) is 20.3. The average Bonchev–Trinajstić information content (AvgIpc) is 3.01. The molecule has 0 bridgehead atoms. The lowest BCUT2D eigenvalue weighted by Gasteiger charge is -2.29. The molecule has 0 saturated heterocycles. The SMILES string of the molecule is N#Cc1ccccc1Cn1c(C2CCC[C@@H](N)C2)cc(=O)n(Cc2ccccc2C#N)c1=O.O=C(O)c1ccccc1. The molecule has 9 nitrogen and oxygen atoms in total. The molecule has 0 aliphatic heterocycles. The topological polar surface area (TPSA) is 155 Å². The Kier molecular flexibility index (Phi) is 9.83. The molecular formula is C33H31N5O4. The summed E-state index contributed by atoms with van der Waals surface area (Å²) in [7, 11) is 0. The maximum Gasteiger partial charge on any atom is 0.335 e. The molecule has 212 valence electrons. The van der Waals surface area contributed by atoms with Crippen LogP contribution in [-0.4, -0.2) is 26.3 Å². The van der Waals surface area contributed by atoms with Gasteiger partial charge in [-0.15, -0.1) is 0 Å². The highest BCUT2D eigenvalue weighted by atomic mass is 16.4. The number of hydrogen-bond donors (Lipinski definition) is 2. The normalized spacial score (nSPS) is 15.9. The third-order valence-corrected chi connectivity index (χ3v) is 7.40. The van der Waals surface area contributed by atoms with Gasteiger partial charge in [-0.3, -0.25) is 13.9 Å². The van der Waals surface area contributed by atoms with Gasteiger partial charge in [-0.25, -0.2) is 9.59 Å². The lowest BCUT2D eigenvalue weighted by molar-refractivity contribution is 0.0697. The lowest BCUT2D eigenvalue weighted by Crippen LogP contribution is -2.43. The second kappa shape index (κ2) is 13.9. The first-order valence-corrected chi connectivity index (χ1v) is 13.7. The van der Waals surface area contributed by atoms with E-state index in [1.807, 2.05) is 12.1 Å². The summed E-state index contributed by atoms with van der Waals surface area (Å²) >= 11 is 0. The van der Waals surface area contributed by atoms with E-state index in [1.165, 1.54) is 6.07 Å². The zero-order chi connectivity index (χ0) is 30.1. The number of benzene rings is 3. The number of rotatable bonds is 6. The maximum atomic E-state index is 13.7. The zero-order valence-corrected chi connectivity index (χ0v) is 23.0. The number of carbonyl (C=O) groups is 1. The van der Waals surface area contributed by atoms with Crippen LogP contribution in [0, 0.1) is 22.7 Å². The van der Waals surface area contributed by atoms with Crippen molar-refractivity contribution in [2.75, 3.05) is 0 Å². The molecule has 1 aromatic heterocycles. The Morgan fingerprint density at radius 3 is 1.90 bits per heavy atom. The molecule has 4 aromatic rings. The quantitative estimate of drug-likeness (QED) is 0.357. The first kappa shape index (κ1) is 29.7. The molecular weight excluding hydrogens is 530 g/mol. The van der Waals surface area contributed by atoms with Gasteiger partial charge in [0.2, 0.25) is 0 Å². The fraction of sp³-hybridized carbons (Fsp3) is 0.242. The van der Waals surface area contributed by atoms with E-state index in [2.05, 4.69) is 12.1 Å². The molecule has 1 heterocycles. The summed E-state index contributed by atoms with van der Waals surface area (Å²) in [6.45, 7) is 0.190. The van der Waals surface area contributed by atoms with Crippen molar-refractivity contribution in [1.82, 2.24) is 9.13 Å². The molecule has 0 amide bonds. The summed E-state index contributed by atoms with van der Waals surface area (Å²) in [4.78, 5) is 37.0. The van der Waals surface area contributed by atoms with E-state index in [0.717, 1.165) is 23.8 Å². The van der Waals surface area contributed by atoms with E-state index in [0.29, 0.717) is 39.9 Å². The van der Waals surface area contributed by atoms with Crippen LogP contribution in [-0.2, 0) is 13.1 Å². The van der Waals surface area contributed by atoms with Gasteiger partial charge in [-0.2, -0.15) is 10.5 Å². The minimum absolute atomic E-state index is 0.00411. The predicted molar refractivity (Wildman–Crippen MR) is 158 cm³/mol. The number of nitrogens with two attached hydrogens (primary N) is 1. The van der Waals surface area contributed by atoms with Crippen LogP contribution >= 0.6 is 0 Å². The number of carboxylic acid groups (broad SMARTS) is 1. The molecule has 0 radical (unpaired) electrons. The second-order valence-corrected chi connectivity index (χ2v) is 10.2. The van der Waals surface area contributed by atoms with Crippen LogP contribution < -0.4 is 17.0 Å². The summed E-state index contributed by atoms with van der Waals surface area (Å²) in [5.41, 5.74) is 8.59. The van der Waals surface area contributed by atoms with Gasteiger partial charge in [-0.1, -0.05) is 61.0 Å². The molecule has 9 heteroatoms. The number of nitrogens with zero attached hydrogens (tertiary/aromatic N) is 4. The molecule has 42 heavy (non-hydrogen) atoms. The van der Waals surface area contributed by atoms with Crippen molar-refractivity contribution in [3.63, 3.8) is 0 Å². The van der Waals surface area contributed by atoms with Crippen molar-refractivity contribution >= 4 is 5.97 Å². The Labute approximate surface area is 243 Å². The Bertz CT molecular complexity index is 1760. The summed E-state index contributed by atoms with van der Waals surface area (Å²) in [5.74, 6) is -0.875. The monoisotopic (exact) mass is 561 g/mol. The van der Waals surface area contributed by atoms with Crippen LogP contribution in [0.1, 0.15) is 69.9 Å². The number of nitriles is 2. The zero-order valence-electron chi connectivity index (χ0n) is 23.0. The maximum absolute atomic E-state index is 13.7. The van der Waals surface area contributed by atoms with Crippen molar-refractivity contribution in [2.24, 2.45) is 5.73 Å². The molecule has 0 spiro atoms. The minimum Gasteiger partial charge on any atom is -0.478 e. The number of carboxylic acids is 1. The van der Waals surface area contributed by atoms with Crippen molar-refractivity contribution in [2.45, 2.75) is 50.7 Å². The summed E-state index contributed by atoms with van der Waals surface area (Å²) in [6.07, 6.45) is 3.43. The van der Waals surface area contributed by atoms with Crippen LogP contribution in [0.25, 0.3) is 0 Å². The van der Waals surface area contributed by atoms with Crippen molar-refractivity contribution < 1.29 is 9.90 Å². The van der Waals surface area contributed by atoms with Gasteiger partial charge in [-0.05, 0) is 54.7 Å². The highest BCUT2D eigenvalue weighted by molar-refractivity contribution is 5.87. The smallest absolute Gasteiger partial charge is 0.335 e. The average molecular weight is 562 g/mol. The van der Waals surface area contributed by atoms with Gasteiger partial charge in [0.1, 0.15) is 0 Å². The van der Waals surface area contributed by atoms with Crippen molar-refractivity contribution in [3.8, 4) is 12.1 Å². The van der Waals surface area contributed by atoms with Gasteiger partial charge in [0, 0.05) is 23.7 Å². The summed E-state index contributed by atoms with van der Waals surface area (Å²) < 4.78 is 2.77. The van der Waals surface area contributed by atoms with Gasteiger partial charge >= 0.3 is 11.7 Å². The molecule has 5 rings (SSSR count). The van der Waals surface area contributed by atoms with Crippen LogP contribution in [0.4, 0.5) is 0 Å². The Morgan fingerprint density at radius 1 is 0.833 bits per heavy atom. The molecule has 1 unspecified atom stereocenters. The van der Waals surface area contributed by atoms with Crippen LogP contribution in [0.2, 0.25) is 0 Å². The molecule has 3 aromatic carbocycles. The van der Waals surface area contributed by atoms with E-state index in [-0.39, 0.29) is 25.0 Å². The Hall–Kier alpha value is -5.25. The summed E-state index contributed by atoms with van der Waals surface area (Å²) in [6, 6.07) is 28.3. The molecule has 1 aliphatic carbocycles. The minimum atomic E-state index is -0.879. The lowest BCUT2D eigenvalue weighted by atomic mass is 9.83. The van der Waals surface area contributed by atoms with E-state index in [1.54, 1.807) is 71.3 Å². The molecule has 1 aliphatic rings. The van der Waals surface area contributed by atoms with E-state index in [9.17, 15) is 24.9 Å². The van der Waals surface area contributed by atoms with Gasteiger partial charge in [0.25, 0.3) is 5.56 Å². The van der Waals surface area contributed by atoms with Crippen molar-refractivity contribution in [3.05, 3.63) is 139 Å². The highest BCUT2D eigenvalue weighted by Crippen LogP contribution is 2.31. The Morgan fingerprint density at radius 2 is 1.38 bits per heavy atom. The fourth-order valence-corrected chi connectivity index (χ4v) is 5.23.